The summed E-state index contributed by atoms with van der Waals surface area (Å²) in [6.45, 7) is 14.0. The highest BCUT2D eigenvalue weighted by Crippen LogP contribution is 2.35. The summed E-state index contributed by atoms with van der Waals surface area (Å²) in [5.74, 6) is 0.316. The molecule has 42 heavy (non-hydrogen) atoms. The molecule has 1 aliphatic carbocycles. The molecule has 2 fully saturated rings. The molecular formula is C32H50N4O6. The quantitative estimate of drug-likeness (QED) is 0.420. The summed E-state index contributed by atoms with van der Waals surface area (Å²) < 4.78 is 10.9. The number of ether oxygens (including phenoxy) is 2. The van der Waals surface area contributed by atoms with Crippen LogP contribution in [0.5, 0.6) is 0 Å². The molecule has 3 rings (SSSR count). The van der Waals surface area contributed by atoms with Gasteiger partial charge in [0.25, 0.3) is 0 Å². The molecule has 1 heterocycles. The highest BCUT2D eigenvalue weighted by Gasteiger charge is 2.47. The normalized spacial score (nSPS) is 22.7. The van der Waals surface area contributed by atoms with E-state index in [-0.39, 0.29) is 50.1 Å². The van der Waals surface area contributed by atoms with Crippen LogP contribution in [0.4, 0.5) is 9.59 Å². The van der Waals surface area contributed by atoms with Crippen LogP contribution in [0.15, 0.2) is 30.3 Å². The average molecular weight is 587 g/mol. The second-order valence-corrected chi connectivity index (χ2v) is 13.7. The third-order valence-corrected chi connectivity index (χ3v) is 7.76. The molecule has 1 aliphatic heterocycles. The fraction of sp³-hybridized carbons (Fsp3) is 0.688. The van der Waals surface area contributed by atoms with Crippen molar-refractivity contribution in [1.82, 2.24) is 20.4 Å². The molecule has 10 heteroatoms. The van der Waals surface area contributed by atoms with Gasteiger partial charge in [0.1, 0.15) is 18.2 Å². The summed E-state index contributed by atoms with van der Waals surface area (Å²) in [7, 11) is 0. The molecule has 1 aromatic rings. The number of hydrogen-bond donors (Lipinski definition) is 2. The predicted octanol–water partition coefficient (Wildman–Crippen LogP) is 4.86. The minimum absolute atomic E-state index is 0.0375. The monoisotopic (exact) mass is 586 g/mol. The first-order valence-corrected chi connectivity index (χ1v) is 15.2. The Morgan fingerprint density at radius 1 is 0.905 bits per heavy atom. The number of carbonyl (C=O) groups excluding carboxylic acids is 4. The molecule has 2 N–H and O–H groups in total. The Morgan fingerprint density at radius 3 is 2.12 bits per heavy atom. The van der Waals surface area contributed by atoms with Crippen molar-refractivity contribution in [3.63, 3.8) is 0 Å². The summed E-state index contributed by atoms with van der Waals surface area (Å²) in [6, 6.07) is 8.33. The van der Waals surface area contributed by atoms with E-state index in [2.05, 4.69) is 17.6 Å². The average Bonchev–Trinajstić information content (AvgIpc) is 3.35. The molecule has 2 aliphatic rings. The van der Waals surface area contributed by atoms with Gasteiger partial charge in [-0.3, -0.25) is 14.5 Å². The lowest BCUT2D eigenvalue weighted by Gasteiger charge is -2.42. The van der Waals surface area contributed by atoms with E-state index in [0.29, 0.717) is 12.3 Å². The predicted molar refractivity (Wildman–Crippen MR) is 160 cm³/mol. The molecule has 1 saturated heterocycles. The van der Waals surface area contributed by atoms with Crippen molar-refractivity contribution < 1.29 is 28.7 Å². The van der Waals surface area contributed by atoms with Crippen LogP contribution in [-0.2, 0) is 25.7 Å². The molecule has 0 unspecified atom stereocenters. The standard InChI is InChI=1S/C32H50N4O6/c1-22-13-15-24(16-14-22)36(28(38)31(2,3)4)25-19-26(35(20-25)30(40)42-32(5,6)7)27(37)33-17-18-34-29(39)41-21-23-11-9-8-10-12-23/h8-12,22,24-26H,13-21H2,1-7H3,(H,33,37)(H,34,39)/t22?,24?,25-,26-/m0/s1. The topological polar surface area (TPSA) is 117 Å². The molecule has 2 atom stereocenters. The van der Waals surface area contributed by atoms with Crippen LogP contribution in [-0.4, -0.2) is 77.2 Å². The maximum Gasteiger partial charge on any atom is 0.411 e. The molecule has 234 valence electrons. The molecule has 0 radical (unpaired) electrons. The lowest BCUT2D eigenvalue weighted by molar-refractivity contribution is -0.145. The second-order valence-electron chi connectivity index (χ2n) is 13.7. The summed E-state index contributed by atoms with van der Waals surface area (Å²) in [5, 5.41) is 5.48. The molecule has 10 nitrogen and oxygen atoms in total. The highest BCUT2D eigenvalue weighted by atomic mass is 16.6. The largest absolute Gasteiger partial charge is 0.445 e. The Morgan fingerprint density at radius 2 is 1.52 bits per heavy atom. The highest BCUT2D eigenvalue weighted by molar-refractivity contribution is 5.87. The third-order valence-electron chi connectivity index (χ3n) is 7.76. The number of carbonyl (C=O) groups is 4. The number of benzene rings is 1. The van der Waals surface area contributed by atoms with Gasteiger partial charge >= 0.3 is 12.2 Å². The SMILES string of the molecule is CC1CCC(N(C(=O)C(C)(C)C)[C@H]2C[C@@H](C(=O)NCCNC(=O)OCc3ccccc3)N(C(=O)OC(C)(C)C)C2)CC1. The number of likely N-dealkylation sites (tertiary alicyclic amines) is 1. The van der Waals surface area contributed by atoms with E-state index in [0.717, 1.165) is 31.2 Å². The lowest BCUT2D eigenvalue weighted by atomic mass is 9.84. The molecule has 0 aromatic heterocycles. The van der Waals surface area contributed by atoms with Crippen LogP contribution in [0.1, 0.15) is 86.1 Å². The smallest absolute Gasteiger partial charge is 0.411 e. The van der Waals surface area contributed by atoms with Gasteiger partial charge in [-0.1, -0.05) is 58.0 Å². The van der Waals surface area contributed by atoms with Crippen molar-refractivity contribution in [1.29, 1.82) is 0 Å². The van der Waals surface area contributed by atoms with Crippen LogP contribution in [0.25, 0.3) is 0 Å². The first-order valence-electron chi connectivity index (χ1n) is 15.2. The van der Waals surface area contributed by atoms with Gasteiger partial charge in [-0.2, -0.15) is 0 Å². The number of alkyl carbamates (subject to hydrolysis) is 1. The van der Waals surface area contributed by atoms with E-state index in [1.165, 1.54) is 4.90 Å². The molecule has 0 bridgehead atoms. The van der Waals surface area contributed by atoms with E-state index in [4.69, 9.17) is 9.47 Å². The van der Waals surface area contributed by atoms with Gasteiger partial charge < -0.3 is 25.0 Å². The zero-order valence-electron chi connectivity index (χ0n) is 26.4. The summed E-state index contributed by atoms with van der Waals surface area (Å²) in [4.78, 5) is 56.0. The number of amides is 4. The van der Waals surface area contributed by atoms with E-state index in [1.807, 2.05) is 56.0 Å². The van der Waals surface area contributed by atoms with Crippen molar-refractivity contribution in [2.75, 3.05) is 19.6 Å². The minimum Gasteiger partial charge on any atom is -0.445 e. The maximum atomic E-state index is 13.8. The van der Waals surface area contributed by atoms with E-state index in [1.54, 1.807) is 20.8 Å². The van der Waals surface area contributed by atoms with Gasteiger partial charge in [-0.05, 0) is 64.4 Å². The first-order chi connectivity index (χ1) is 19.7. The molecule has 0 spiro atoms. The first kappa shape index (κ1) is 33.2. The van der Waals surface area contributed by atoms with Gasteiger partial charge in [0.05, 0.1) is 6.04 Å². The molecular weight excluding hydrogens is 536 g/mol. The van der Waals surface area contributed by atoms with Crippen molar-refractivity contribution in [3.8, 4) is 0 Å². The van der Waals surface area contributed by atoms with Crippen molar-refractivity contribution in [2.24, 2.45) is 11.3 Å². The zero-order chi connectivity index (χ0) is 31.1. The van der Waals surface area contributed by atoms with Crippen LogP contribution < -0.4 is 10.6 Å². The number of hydrogen-bond acceptors (Lipinski definition) is 6. The fourth-order valence-corrected chi connectivity index (χ4v) is 5.57. The van der Waals surface area contributed by atoms with Crippen LogP contribution in [0.3, 0.4) is 0 Å². The van der Waals surface area contributed by atoms with Gasteiger partial charge in [0, 0.05) is 31.1 Å². The summed E-state index contributed by atoms with van der Waals surface area (Å²) in [6.07, 6.45) is 3.09. The lowest BCUT2D eigenvalue weighted by Crippen LogP contribution is -2.53. The van der Waals surface area contributed by atoms with Gasteiger partial charge in [-0.15, -0.1) is 0 Å². The van der Waals surface area contributed by atoms with E-state index >= 15 is 0 Å². The third kappa shape index (κ3) is 9.63. The maximum absolute atomic E-state index is 13.8. The number of nitrogens with one attached hydrogen (secondary N) is 2. The molecule has 1 saturated carbocycles. The Kier molecular flexibility index (Phi) is 11.3. The van der Waals surface area contributed by atoms with Crippen molar-refractivity contribution in [3.05, 3.63) is 35.9 Å². The molecule has 1 aromatic carbocycles. The minimum atomic E-state index is -0.798. The van der Waals surface area contributed by atoms with Crippen LogP contribution in [0, 0.1) is 11.3 Å². The van der Waals surface area contributed by atoms with Crippen LogP contribution in [0.2, 0.25) is 0 Å². The Balaban J connectivity index is 1.66. The Bertz CT molecular complexity index is 1070. The second kappa shape index (κ2) is 14.2. The van der Waals surface area contributed by atoms with Crippen molar-refractivity contribution >= 4 is 24.0 Å². The summed E-state index contributed by atoms with van der Waals surface area (Å²) in [5.41, 5.74) is -0.456. The van der Waals surface area contributed by atoms with Crippen LogP contribution >= 0.6 is 0 Å². The Hall–Kier alpha value is -3.30. The van der Waals surface area contributed by atoms with Gasteiger partial charge in [0.2, 0.25) is 11.8 Å². The molecule has 4 amide bonds. The number of rotatable bonds is 8. The van der Waals surface area contributed by atoms with E-state index in [9.17, 15) is 19.2 Å². The zero-order valence-corrected chi connectivity index (χ0v) is 26.4. The fourth-order valence-electron chi connectivity index (χ4n) is 5.57. The summed E-state index contributed by atoms with van der Waals surface area (Å²) >= 11 is 0. The van der Waals surface area contributed by atoms with Gasteiger partial charge in [-0.25, -0.2) is 9.59 Å². The van der Waals surface area contributed by atoms with E-state index < -0.39 is 29.2 Å². The van der Waals surface area contributed by atoms with Gasteiger partial charge in [0.15, 0.2) is 0 Å². The van der Waals surface area contributed by atoms with Crippen molar-refractivity contribution in [2.45, 2.75) is 111 Å². The number of nitrogens with zero attached hydrogens (tertiary/aromatic N) is 2. The Labute approximate surface area is 250 Å².